The Balaban J connectivity index is 2.27. The molecule has 0 unspecified atom stereocenters. The van der Waals surface area contributed by atoms with Gasteiger partial charge in [-0.1, -0.05) is 0 Å². The molecule has 0 aromatic carbocycles. The third-order valence-electron chi connectivity index (χ3n) is 1.67. The zero-order valence-corrected chi connectivity index (χ0v) is 9.64. The maximum atomic E-state index is 5.80. The van der Waals surface area contributed by atoms with Crippen molar-refractivity contribution in [3.63, 3.8) is 0 Å². The predicted octanol–water partition coefficient (Wildman–Crippen LogP) is 2.28. The number of aromatic nitrogens is 2. The van der Waals surface area contributed by atoms with Crippen LogP contribution in [-0.2, 0) is 0 Å². The Hall–Kier alpha value is -1.27. The summed E-state index contributed by atoms with van der Waals surface area (Å²) in [6, 6.07) is 3.52. The number of pyridine rings is 1. The highest BCUT2D eigenvalue weighted by molar-refractivity contribution is 8.01. The Bertz CT molecular complexity index is 445. The lowest BCUT2D eigenvalue weighted by atomic mass is 10.4. The molecule has 0 radical (unpaired) electrons. The lowest BCUT2D eigenvalue weighted by molar-refractivity contribution is 0.395. The van der Waals surface area contributed by atoms with Crippen molar-refractivity contribution in [2.45, 2.75) is 9.37 Å². The van der Waals surface area contributed by atoms with Crippen molar-refractivity contribution < 1.29 is 4.74 Å². The van der Waals surface area contributed by atoms with Crippen molar-refractivity contribution in [2.24, 2.45) is 0 Å². The van der Waals surface area contributed by atoms with E-state index in [0.717, 1.165) is 9.37 Å². The van der Waals surface area contributed by atoms with E-state index in [0.29, 0.717) is 11.6 Å². The minimum atomic E-state index is 0.559. The van der Waals surface area contributed by atoms with E-state index in [9.17, 15) is 0 Å². The molecule has 0 saturated heterocycles. The minimum Gasteiger partial charge on any atom is -0.481 e. The van der Waals surface area contributed by atoms with Gasteiger partial charge in [0.15, 0.2) is 4.34 Å². The molecule has 0 bridgehead atoms. The van der Waals surface area contributed by atoms with Crippen LogP contribution >= 0.6 is 23.1 Å². The molecule has 0 aliphatic rings. The first kappa shape index (κ1) is 10.3. The quantitative estimate of drug-likeness (QED) is 0.890. The highest BCUT2D eigenvalue weighted by Gasteiger charge is 2.07. The molecule has 2 N–H and O–H groups in total. The summed E-state index contributed by atoms with van der Waals surface area (Å²) in [7, 11) is 1.58. The van der Waals surface area contributed by atoms with E-state index in [1.807, 2.05) is 5.38 Å². The van der Waals surface area contributed by atoms with Gasteiger partial charge in [0.2, 0.25) is 5.88 Å². The van der Waals surface area contributed by atoms with E-state index in [-0.39, 0.29) is 0 Å². The van der Waals surface area contributed by atoms with Crippen LogP contribution in [0.25, 0.3) is 0 Å². The maximum absolute atomic E-state index is 5.80. The number of nitrogens with zero attached hydrogens (tertiary/aromatic N) is 2. The second-order valence-electron chi connectivity index (χ2n) is 2.65. The van der Waals surface area contributed by atoms with Crippen LogP contribution < -0.4 is 10.5 Å². The largest absolute Gasteiger partial charge is 0.481 e. The van der Waals surface area contributed by atoms with Crippen LogP contribution in [0.4, 0.5) is 5.69 Å². The standard InChI is InChI=1S/C9H9N3OS2/c1-13-7-3-2-6(10)8(12-7)15-9-11-4-5-14-9/h2-5H,10H2,1H3. The van der Waals surface area contributed by atoms with Crippen molar-refractivity contribution in [1.29, 1.82) is 0 Å². The molecule has 2 aromatic heterocycles. The average molecular weight is 239 g/mol. The molecule has 6 heteroatoms. The molecular formula is C9H9N3OS2. The van der Waals surface area contributed by atoms with Crippen LogP contribution in [0.1, 0.15) is 0 Å². The molecule has 2 rings (SSSR count). The lowest BCUT2D eigenvalue weighted by Gasteiger charge is -2.04. The van der Waals surface area contributed by atoms with Gasteiger partial charge < -0.3 is 10.5 Å². The second-order valence-corrected chi connectivity index (χ2v) is 4.78. The highest BCUT2D eigenvalue weighted by Crippen LogP contribution is 2.32. The second kappa shape index (κ2) is 4.50. The van der Waals surface area contributed by atoms with Crippen LogP contribution in [0.3, 0.4) is 0 Å². The fourth-order valence-electron chi connectivity index (χ4n) is 0.973. The Morgan fingerprint density at radius 1 is 1.47 bits per heavy atom. The van der Waals surface area contributed by atoms with Gasteiger partial charge in [-0.3, -0.25) is 0 Å². The van der Waals surface area contributed by atoms with E-state index in [2.05, 4.69) is 9.97 Å². The van der Waals surface area contributed by atoms with Gasteiger partial charge in [0, 0.05) is 17.6 Å². The molecular weight excluding hydrogens is 230 g/mol. The average Bonchev–Trinajstić information content (AvgIpc) is 2.74. The van der Waals surface area contributed by atoms with Gasteiger partial charge in [0.05, 0.1) is 12.8 Å². The fourth-order valence-corrected chi connectivity index (χ4v) is 2.53. The topological polar surface area (TPSA) is 61.0 Å². The van der Waals surface area contributed by atoms with Gasteiger partial charge in [-0.05, 0) is 17.8 Å². The number of methoxy groups -OCH3 is 1. The number of ether oxygens (including phenoxy) is 1. The van der Waals surface area contributed by atoms with Gasteiger partial charge in [0.25, 0.3) is 0 Å². The van der Waals surface area contributed by atoms with Gasteiger partial charge in [-0.25, -0.2) is 9.97 Å². The van der Waals surface area contributed by atoms with Crippen molar-refractivity contribution in [1.82, 2.24) is 9.97 Å². The summed E-state index contributed by atoms with van der Waals surface area (Å²) in [5.74, 6) is 0.559. The zero-order valence-electron chi connectivity index (χ0n) is 8.01. The van der Waals surface area contributed by atoms with Crippen molar-refractivity contribution in [3.8, 4) is 5.88 Å². The third-order valence-corrected chi connectivity index (χ3v) is 3.57. The van der Waals surface area contributed by atoms with E-state index < -0.39 is 0 Å². The zero-order chi connectivity index (χ0) is 10.7. The van der Waals surface area contributed by atoms with E-state index >= 15 is 0 Å². The number of anilines is 1. The normalized spacial score (nSPS) is 10.2. The smallest absolute Gasteiger partial charge is 0.214 e. The molecule has 2 heterocycles. The monoisotopic (exact) mass is 239 g/mol. The van der Waals surface area contributed by atoms with Crippen LogP contribution in [0.15, 0.2) is 33.1 Å². The highest BCUT2D eigenvalue weighted by atomic mass is 32.2. The van der Waals surface area contributed by atoms with Crippen molar-refractivity contribution in [2.75, 3.05) is 12.8 Å². The number of hydrogen-bond donors (Lipinski definition) is 1. The van der Waals surface area contributed by atoms with Crippen molar-refractivity contribution in [3.05, 3.63) is 23.7 Å². The first-order chi connectivity index (χ1) is 7.29. The summed E-state index contributed by atoms with van der Waals surface area (Å²) in [5, 5.41) is 2.64. The molecule has 4 nitrogen and oxygen atoms in total. The SMILES string of the molecule is COc1ccc(N)c(Sc2nccs2)n1. The van der Waals surface area contributed by atoms with Crippen LogP contribution in [0.2, 0.25) is 0 Å². The van der Waals surface area contributed by atoms with Gasteiger partial charge in [-0.2, -0.15) is 0 Å². The predicted molar refractivity (Wildman–Crippen MR) is 61.4 cm³/mol. The summed E-state index contributed by atoms with van der Waals surface area (Å²) in [6.07, 6.45) is 1.75. The van der Waals surface area contributed by atoms with Gasteiger partial charge in [0.1, 0.15) is 5.03 Å². The van der Waals surface area contributed by atoms with Crippen LogP contribution in [0.5, 0.6) is 5.88 Å². The van der Waals surface area contributed by atoms with Crippen molar-refractivity contribution >= 4 is 28.8 Å². The summed E-state index contributed by atoms with van der Waals surface area (Å²) in [6.45, 7) is 0. The van der Waals surface area contributed by atoms with Crippen LogP contribution in [-0.4, -0.2) is 17.1 Å². The number of nitrogens with two attached hydrogens (primary N) is 1. The van der Waals surface area contributed by atoms with E-state index in [1.54, 1.807) is 36.8 Å². The Morgan fingerprint density at radius 3 is 3.00 bits per heavy atom. The first-order valence-electron chi connectivity index (χ1n) is 4.17. The minimum absolute atomic E-state index is 0.559. The summed E-state index contributed by atoms with van der Waals surface area (Å²) >= 11 is 3.00. The molecule has 0 atom stereocenters. The first-order valence-corrected chi connectivity index (χ1v) is 5.87. The summed E-state index contributed by atoms with van der Waals surface area (Å²) < 4.78 is 5.95. The molecule has 0 amide bonds. The maximum Gasteiger partial charge on any atom is 0.214 e. The van der Waals surface area contributed by atoms with Gasteiger partial charge in [-0.15, -0.1) is 11.3 Å². The number of thiazole rings is 1. The summed E-state index contributed by atoms with van der Waals surface area (Å²) in [5.41, 5.74) is 6.43. The summed E-state index contributed by atoms with van der Waals surface area (Å²) in [4.78, 5) is 8.40. The lowest BCUT2D eigenvalue weighted by Crippen LogP contribution is -1.94. The molecule has 0 fully saturated rings. The Labute approximate surface area is 95.5 Å². The fraction of sp³-hybridized carbons (Fsp3) is 0.111. The molecule has 15 heavy (non-hydrogen) atoms. The Kier molecular flexibility index (Phi) is 3.08. The molecule has 2 aromatic rings. The third kappa shape index (κ3) is 2.40. The number of nitrogen functional groups attached to an aromatic ring is 1. The van der Waals surface area contributed by atoms with E-state index in [4.69, 9.17) is 10.5 Å². The molecule has 0 aliphatic carbocycles. The molecule has 0 saturated carbocycles. The molecule has 78 valence electrons. The number of rotatable bonds is 3. The van der Waals surface area contributed by atoms with E-state index in [1.165, 1.54) is 11.8 Å². The Morgan fingerprint density at radius 2 is 2.33 bits per heavy atom. The molecule has 0 spiro atoms. The molecule has 0 aliphatic heterocycles. The van der Waals surface area contributed by atoms with Gasteiger partial charge >= 0.3 is 0 Å². The van der Waals surface area contributed by atoms with Crippen LogP contribution in [0, 0.1) is 0 Å². The number of hydrogen-bond acceptors (Lipinski definition) is 6.